The topological polar surface area (TPSA) is 42.7 Å². The summed E-state index contributed by atoms with van der Waals surface area (Å²) in [4.78, 5) is 14.9. The summed E-state index contributed by atoms with van der Waals surface area (Å²) >= 11 is 0. The van der Waals surface area contributed by atoms with Crippen LogP contribution in [0.2, 0.25) is 0 Å². The molecule has 23 heavy (non-hydrogen) atoms. The van der Waals surface area contributed by atoms with Gasteiger partial charge in [-0.05, 0) is 24.5 Å². The third kappa shape index (κ3) is 6.23. The van der Waals surface area contributed by atoms with Gasteiger partial charge in [0.05, 0.1) is 6.57 Å². The van der Waals surface area contributed by atoms with Gasteiger partial charge in [-0.15, -0.1) is 0 Å². The molecule has 0 fully saturated rings. The Bertz CT molecular complexity index is 655. The van der Waals surface area contributed by atoms with Gasteiger partial charge in [-0.1, -0.05) is 61.5 Å². The minimum Gasteiger partial charge on any atom is -0.445 e. The van der Waals surface area contributed by atoms with Crippen molar-refractivity contribution >= 4 is 11.8 Å². The SMILES string of the molecule is C.[C-]#[N+]c1ccc(CCNC(=O)OCc2ccc(C)cc2)cc1. The Morgan fingerprint density at radius 3 is 2.30 bits per heavy atom. The minimum atomic E-state index is -0.418. The minimum absolute atomic E-state index is 0. The summed E-state index contributed by atoms with van der Waals surface area (Å²) in [6, 6.07) is 15.2. The summed E-state index contributed by atoms with van der Waals surface area (Å²) in [5.74, 6) is 0. The van der Waals surface area contributed by atoms with Crippen LogP contribution >= 0.6 is 0 Å². The second kappa shape index (κ2) is 9.26. The van der Waals surface area contributed by atoms with Crippen LogP contribution < -0.4 is 5.32 Å². The molecule has 0 spiro atoms. The van der Waals surface area contributed by atoms with E-state index in [-0.39, 0.29) is 14.0 Å². The molecule has 0 heterocycles. The molecule has 0 unspecified atom stereocenters. The first-order valence-electron chi connectivity index (χ1n) is 7.10. The number of alkyl carbamates (subject to hydrolysis) is 1. The van der Waals surface area contributed by atoms with Crippen molar-refractivity contribution < 1.29 is 9.53 Å². The lowest BCUT2D eigenvalue weighted by atomic mass is 10.1. The molecule has 0 saturated heterocycles. The third-order valence-corrected chi connectivity index (χ3v) is 3.24. The summed E-state index contributed by atoms with van der Waals surface area (Å²) < 4.78 is 5.15. The van der Waals surface area contributed by atoms with Gasteiger partial charge >= 0.3 is 6.09 Å². The van der Waals surface area contributed by atoms with Crippen LogP contribution in [0.3, 0.4) is 0 Å². The molecule has 0 aliphatic rings. The first-order chi connectivity index (χ1) is 10.7. The lowest BCUT2D eigenvalue weighted by Crippen LogP contribution is -2.26. The lowest BCUT2D eigenvalue weighted by molar-refractivity contribution is 0.140. The van der Waals surface area contributed by atoms with E-state index in [1.807, 2.05) is 43.3 Å². The Kier molecular flexibility index (Phi) is 7.35. The van der Waals surface area contributed by atoms with Gasteiger partial charge in [0.25, 0.3) is 0 Å². The molecule has 4 nitrogen and oxygen atoms in total. The number of hydrogen-bond acceptors (Lipinski definition) is 2. The molecule has 0 aromatic heterocycles. The number of rotatable bonds is 5. The predicted molar refractivity (Wildman–Crippen MR) is 92.5 cm³/mol. The predicted octanol–water partition coefficient (Wildman–Crippen LogP) is 4.65. The summed E-state index contributed by atoms with van der Waals surface area (Å²) in [7, 11) is 0. The standard InChI is InChI=1S/C18H18N2O2.CH4/c1-14-3-5-16(6-4-14)13-22-18(21)20-12-11-15-7-9-17(19-2)10-8-15;/h3-10H,11-13H2,1H3,(H,20,21);1H4. The Morgan fingerprint density at radius 1 is 1.09 bits per heavy atom. The Balaban J connectivity index is 0.00000264. The number of nitrogens with one attached hydrogen (secondary N) is 1. The monoisotopic (exact) mass is 310 g/mol. The van der Waals surface area contributed by atoms with Gasteiger partial charge in [-0.2, -0.15) is 0 Å². The number of nitrogens with zero attached hydrogens (tertiary/aromatic N) is 1. The molecular weight excluding hydrogens is 288 g/mol. The number of ether oxygens (including phenoxy) is 1. The van der Waals surface area contributed by atoms with Gasteiger partial charge < -0.3 is 10.1 Å². The maximum atomic E-state index is 11.6. The van der Waals surface area contributed by atoms with Gasteiger partial charge in [-0.25, -0.2) is 9.64 Å². The molecule has 4 heteroatoms. The van der Waals surface area contributed by atoms with Crippen molar-refractivity contribution in [1.82, 2.24) is 5.32 Å². The van der Waals surface area contributed by atoms with E-state index in [1.54, 1.807) is 12.1 Å². The van der Waals surface area contributed by atoms with Crippen LogP contribution in [-0.2, 0) is 17.8 Å². The van der Waals surface area contributed by atoms with Gasteiger partial charge in [0.1, 0.15) is 6.61 Å². The van der Waals surface area contributed by atoms with E-state index in [4.69, 9.17) is 11.3 Å². The fourth-order valence-electron chi connectivity index (χ4n) is 1.93. The summed E-state index contributed by atoms with van der Waals surface area (Å²) in [5, 5.41) is 2.72. The first kappa shape index (κ1) is 18.2. The molecule has 1 amide bonds. The second-order valence-corrected chi connectivity index (χ2v) is 5.02. The zero-order chi connectivity index (χ0) is 15.8. The number of amides is 1. The molecule has 2 aromatic carbocycles. The maximum absolute atomic E-state index is 11.6. The third-order valence-electron chi connectivity index (χ3n) is 3.24. The van der Waals surface area contributed by atoms with E-state index in [9.17, 15) is 4.79 Å². The van der Waals surface area contributed by atoms with Crippen molar-refractivity contribution in [2.75, 3.05) is 6.54 Å². The van der Waals surface area contributed by atoms with Crippen LogP contribution in [0, 0.1) is 13.5 Å². The second-order valence-electron chi connectivity index (χ2n) is 5.02. The summed E-state index contributed by atoms with van der Waals surface area (Å²) in [6.45, 7) is 9.68. The van der Waals surface area contributed by atoms with Crippen LogP contribution in [-0.4, -0.2) is 12.6 Å². The highest BCUT2D eigenvalue weighted by molar-refractivity contribution is 5.67. The van der Waals surface area contributed by atoms with E-state index in [2.05, 4.69) is 10.2 Å². The molecule has 0 saturated carbocycles. The van der Waals surface area contributed by atoms with Crippen molar-refractivity contribution in [2.45, 2.75) is 27.4 Å². The van der Waals surface area contributed by atoms with Crippen molar-refractivity contribution in [3.63, 3.8) is 0 Å². The average molecular weight is 310 g/mol. The highest BCUT2D eigenvalue weighted by Crippen LogP contribution is 2.12. The van der Waals surface area contributed by atoms with Crippen molar-refractivity contribution in [1.29, 1.82) is 0 Å². The molecular formula is C19H22N2O2. The van der Waals surface area contributed by atoms with Crippen LogP contribution in [0.15, 0.2) is 48.5 Å². The molecule has 120 valence electrons. The van der Waals surface area contributed by atoms with Crippen molar-refractivity contribution in [2.24, 2.45) is 0 Å². The van der Waals surface area contributed by atoms with Crippen LogP contribution in [0.5, 0.6) is 0 Å². The number of aryl methyl sites for hydroxylation is 1. The highest BCUT2D eigenvalue weighted by atomic mass is 16.5. The Hall–Kier alpha value is -2.80. The summed E-state index contributed by atoms with van der Waals surface area (Å²) in [6.07, 6.45) is 0.288. The highest BCUT2D eigenvalue weighted by Gasteiger charge is 2.02. The molecule has 2 aromatic rings. The van der Waals surface area contributed by atoms with Crippen molar-refractivity contribution in [3.05, 3.63) is 76.6 Å². The zero-order valence-corrected chi connectivity index (χ0v) is 12.5. The van der Waals surface area contributed by atoms with E-state index < -0.39 is 6.09 Å². The molecule has 1 N–H and O–H groups in total. The lowest BCUT2D eigenvalue weighted by Gasteiger charge is -2.07. The van der Waals surface area contributed by atoms with Gasteiger partial charge in [0.15, 0.2) is 5.69 Å². The molecule has 0 aliphatic carbocycles. The van der Waals surface area contributed by atoms with Gasteiger partial charge in [0, 0.05) is 6.54 Å². The Labute approximate surface area is 137 Å². The molecule has 2 rings (SSSR count). The largest absolute Gasteiger partial charge is 0.445 e. The maximum Gasteiger partial charge on any atom is 0.407 e. The quantitative estimate of drug-likeness (QED) is 0.817. The van der Waals surface area contributed by atoms with Crippen LogP contribution in [0.1, 0.15) is 24.1 Å². The normalized spacial score (nSPS) is 9.39. The van der Waals surface area contributed by atoms with Gasteiger partial charge in [-0.3, -0.25) is 0 Å². The van der Waals surface area contributed by atoms with E-state index in [0.717, 1.165) is 11.1 Å². The number of hydrogen-bond donors (Lipinski definition) is 1. The zero-order valence-electron chi connectivity index (χ0n) is 12.5. The Morgan fingerprint density at radius 2 is 1.70 bits per heavy atom. The van der Waals surface area contributed by atoms with Crippen LogP contribution in [0.4, 0.5) is 10.5 Å². The average Bonchev–Trinajstić information content (AvgIpc) is 2.55. The molecule has 0 atom stereocenters. The first-order valence-corrected chi connectivity index (χ1v) is 7.10. The van der Waals surface area contributed by atoms with E-state index >= 15 is 0 Å². The number of carbonyl (C=O) groups excluding carboxylic acids is 1. The van der Waals surface area contributed by atoms with E-state index in [1.165, 1.54) is 5.56 Å². The number of carbonyl (C=O) groups is 1. The fourth-order valence-corrected chi connectivity index (χ4v) is 1.93. The van der Waals surface area contributed by atoms with Gasteiger partial charge in [0.2, 0.25) is 0 Å². The van der Waals surface area contributed by atoms with Crippen LogP contribution in [0.25, 0.3) is 4.85 Å². The molecule has 0 radical (unpaired) electrons. The smallest absolute Gasteiger partial charge is 0.407 e. The molecule has 0 aliphatic heterocycles. The summed E-state index contributed by atoms with van der Waals surface area (Å²) in [5.41, 5.74) is 3.84. The number of benzene rings is 2. The van der Waals surface area contributed by atoms with E-state index in [0.29, 0.717) is 18.7 Å². The van der Waals surface area contributed by atoms with Crippen molar-refractivity contribution in [3.8, 4) is 0 Å². The molecule has 0 bridgehead atoms. The fraction of sp³-hybridized carbons (Fsp3) is 0.263.